The highest BCUT2D eigenvalue weighted by atomic mass is 16.2. The van der Waals surface area contributed by atoms with Crippen LogP contribution < -0.4 is 5.32 Å². The lowest BCUT2D eigenvalue weighted by molar-refractivity contribution is -0.120. The Balaban J connectivity index is 1.50. The van der Waals surface area contributed by atoms with E-state index < -0.39 is 0 Å². The van der Waals surface area contributed by atoms with Crippen molar-refractivity contribution < 1.29 is 9.59 Å². The van der Waals surface area contributed by atoms with Gasteiger partial charge in [0.05, 0.1) is 17.4 Å². The van der Waals surface area contributed by atoms with Gasteiger partial charge in [-0.1, -0.05) is 48.5 Å². The number of pyridine rings is 1. The molecule has 29 heavy (non-hydrogen) atoms. The molecule has 1 saturated heterocycles. The molecule has 0 bridgehead atoms. The number of nitrogens with zero attached hydrogens (tertiary/aromatic N) is 2. The minimum atomic E-state index is -0.225. The number of likely N-dealkylation sites (tertiary alicyclic amines) is 1. The molecule has 0 spiro atoms. The molecule has 1 fully saturated rings. The zero-order valence-electron chi connectivity index (χ0n) is 16.1. The number of carbonyl (C=O) groups is 2. The molecule has 0 unspecified atom stereocenters. The van der Waals surface area contributed by atoms with Gasteiger partial charge in [-0.15, -0.1) is 0 Å². The van der Waals surface area contributed by atoms with E-state index in [1.807, 2.05) is 48.5 Å². The number of anilines is 1. The van der Waals surface area contributed by atoms with Crippen LogP contribution in [0.5, 0.6) is 0 Å². The fourth-order valence-electron chi connectivity index (χ4n) is 3.76. The third-order valence-electron chi connectivity index (χ3n) is 5.22. The molecule has 3 aromatic rings. The van der Waals surface area contributed by atoms with Gasteiger partial charge in [0.1, 0.15) is 0 Å². The number of rotatable bonds is 6. The highest BCUT2D eigenvalue weighted by Crippen LogP contribution is 2.24. The molecule has 146 valence electrons. The van der Waals surface area contributed by atoms with Gasteiger partial charge in [-0.05, 0) is 43.7 Å². The SMILES string of the molecule is O=C(c1ccccc1)c1ccccc1NC(=O)[C@@H]1CCCN1Cc1ccccn1. The monoisotopic (exact) mass is 385 g/mol. The first-order valence-corrected chi connectivity index (χ1v) is 9.86. The number of nitrogens with one attached hydrogen (secondary N) is 1. The summed E-state index contributed by atoms with van der Waals surface area (Å²) >= 11 is 0. The molecule has 1 aliphatic rings. The van der Waals surface area contributed by atoms with Crippen LogP contribution in [0.3, 0.4) is 0 Å². The minimum absolute atomic E-state index is 0.0771. The van der Waals surface area contributed by atoms with Crippen LogP contribution in [0.15, 0.2) is 79.0 Å². The number of ketones is 1. The van der Waals surface area contributed by atoms with Crippen molar-refractivity contribution >= 4 is 17.4 Å². The van der Waals surface area contributed by atoms with E-state index >= 15 is 0 Å². The van der Waals surface area contributed by atoms with E-state index in [0.29, 0.717) is 23.4 Å². The molecule has 0 saturated carbocycles. The van der Waals surface area contributed by atoms with Gasteiger partial charge < -0.3 is 5.32 Å². The average molecular weight is 385 g/mol. The molecule has 4 rings (SSSR count). The summed E-state index contributed by atoms with van der Waals surface area (Å²) in [7, 11) is 0. The maximum atomic E-state index is 13.0. The van der Waals surface area contributed by atoms with Crippen molar-refractivity contribution in [3.63, 3.8) is 0 Å². The lowest BCUT2D eigenvalue weighted by Gasteiger charge is -2.23. The Morgan fingerprint density at radius 1 is 0.966 bits per heavy atom. The third kappa shape index (κ3) is 4.41. The Bertz CT molecular complexity index is 989. The van der Waals surface area contributed by atoms with Crippen molar-refractivity contribution in [2.45, 2.75) is 25.4 Å². The maximum absolute atomic E-state index is 13.0. The van der Waals surface area contributed by atoms with Crippen molar-refractivity contribution in [3.8, 4) is 0 Å². The summed E-state index contributed by atoms with van der Waals surface area (Å²) in [6, 6.07) is 21.9. The van der Waals surface area contributed by atoms with Gasteiger partial charge in [-0.25, -0.2) is 0 Å². The molecule has 0 aliphatic carbocycles. The maximum Gasteiger partial charge on any atom is 0.241 e. The molecule has 1 atom stereocenters. The summed E-state index contributed by atoms with van der Waals surface area (Å²) in [6.07, 6.45) is 3.54. The number of para-hydroxylation sites is 1. The van der Waals surface area contributed by atoms with Gasteiger partial charge in [0.2, 0.25) is 5.91 Å². The van der Waals surface area contributed by atoms with Crippen LogP contribution in [0, 0.1) is 0 Å². The first-order valence-electron chi connectivity index (χ1n) is 9.86. The van der Waals surface area contributed by atoms with E-state index in [0.717, 1.165) is 25.1 Å². The molecule has 2 aromatic carbocycles. The lowest BCUT2D eigenvalue weighted by atomic mass is 10.0. The van der Waals surface area contributed by atoms with Crippen LogP contribution in [-0.2, 0) is 11.3 Å². The fraction of sp³-hybridized carbons (Fsp3) is 0.208. The van der Waals surface area contributed by atoms with Crippen LogP contribution in [-0.4, -0.2) is 34.2 Å². The molecule has 5 nitrogen and oxygen atoms in total. The normalized spacial score (nSPS) is 16.5. The van der Waals surface area contributed by atoms with E-state index in [1.54, 1.807) is 30.5 Å². The molecule has 1 aliphatic heterocycles. The molecule has 1 aromatic heterocycles. The molecule has 0 radical (unpaired) electrons. The Hall–Kier alpha value is -3.31. The second-order valence-electron chi connectivity index (χ2n) is 7.18. The van der Waals surface area contributed by atoms with Crippen molar-refractivity contribution in [1.29, 1.82) is 0 Å². The number of benzene rings is 2. The standard InChI is InChI=1S/C24H23N3O2/c28-23(18-9-2-1-3-10-18)20-12-4-5-13-21(20)26-24(29)22-14-8-16-27(22)17-19-11-6-7-15-25-19/h1-7,9-13,15,22H,8,14,16-17H2,(H,26,29)/t22-/m0/s1. The van der Waals surface area contributed by atoms with Crippen LogP contribution in [0.1, 0.15) is 34.5 Å². The smallest absolute Gasteiger partial charge is 0.241 e. The number of amides is 1. The molecule has 2 heterocycles. The average Bonchev–Trinajstić information content (AvgIpc) is 3.23. The van der Waals surface area contributed by atoms with Gasteiger partial charge in [0.25, 0.3) is 0 Å². The molecular weight excluding hydrogens is 362 g/mol. The van der Waals surface area contributed by atoms with Crippen molar-refractivity contribution in [2.24, 2.45) is 0 Å². The number of aromatic nitrogens is 1. The highest BCUT2D eigenvalue weighted by molar-refractivity contribution is 6.14. The summed E-state index contributed by atoms with van der Waals surface area (Å²) in [5.41, 5.74) is 2.61. The van der Waals surface area contributed by atoms with Crippen molar-refractivity contribution in [1.82, 2.24) is 9.88 Å². The van der Waals surface area contributed by atoms with E-state index in [-0.39, 0.29) is 17.7 Å². The summed E-state index contributed by atoms with van der Waals surface area (Å²) in [6.45, 7) is 1.50. The van der Waals surface area contributed by atoms with Gasteiger partial charge >= 0.3 is 0 Å². The molecular formula is C24H23N3O2. The topological polar surface area (TPSA) is 62.3 Å². The van der Waals surface area contributed by atoms with E-state index in [2.05, 4.69) is 15.2 Å². The van der Waals surface area contributed by atoms with Crippen LogP contribution in [0.2, 0.25) is 0 Å². The van der Waals surface area contributed by atoms with E-state index in [9.17, 15) is 9.59 Å². The van der Waals surface area contributed by atoms with E-state index in [4.69, 9.17) is 0 Å². The Morgan fingerprint density at radius 3 is 2.52 bits per heavy atom. The first-order chi connectivity index (χ1) is 14.2. The quantitative estimate of drug-likeness (QED) is 0.654. The van der Waals surface area contributed by atoms with E-state index in [1.165, 1.54) is 0 Å². The van der Waals surface area contributed by atoms with Gasteiger partial charge in [-0.3, -0.25) is 19.5 Å². The highest BCUT2D eigenvalue weighted by Gasteiger charge is 2.31. The Labute approximate surface area is 170 Å². The zero-order chi connectivity index (χ0) is 20.1. The Morgan fingerprint density at radius 2 is 1.72 bits per heavy atom. The summed E-state index contributed by atoms with van der Waals surface area (Å²) in [5.74, 6) is -0.176. The van der Waals surface area contributed by atoms with Crippen molar-refractivity contribution in [2.75, 3.05) is 11.9 Å². The second kappa shape index (κ2) is 8.80. The zero-order valence-corrected chi connectivity index (χ0v) is 16.1. The summed E-state index contributed by atoms with van der Waals surface area (Å²) in [4.78, 5) is 32.5. The molecule has 5 heteroatoms. The predicted octanol–water partition coefficient (Wildman–Crippen LogP) is 3.92. The fourth-order valence-corrected chi connectivity index (χ4v) is 3.76. The predicted molar refractivity (Wildman–Crippen MR) is 113 cm³/mol. The van der Waals surface area contributed by atoms with Crippen LogP contribution in [0.25, 0.3) is 0 Å². The van der Waals surface area contributed by atoms with Gasteiger partial charge in [0.15, 0.2) is 5.78 Å². The largest absolute Gasteiger partial charge is 0.324 e. The molecule has 1 amide bonds. The Kier molecular flexibility index (Phi) is 5.77. The first kappa shape index (κ1) is 19.0. The van der Waals surface area contributed by atoms with Crippen molar-refractivity contribution in [3.05, 3.63) is 95.8 Å². The van der Waals surface area contributed by atoms with Crippen LogP contribution in [0.4, 0.5) is 5.69 Å². The minimum Gasteiger partial charge on any atom is -0.324 e. The third-order valence-corrected chi connectivity index (χ3v) is 5.22. The second-order valence-corrected chi connectivity index (χ2v) is 7.18. The van der Waals surface area contributed by atoms with Crippen LogP contribution >= 0.6 is 0 Å². The number of carbonyl (C=O) groups excluding carboxylic acids is 2. The lowest BCUT2D eigenvalue weighted by Crippen LogP contribution is -2.39. The summed E-state index contributed by atoms with van der Waals surface area (Å²) < 4.78 is 0. The number of hydrogen-bond acceptors (Lipinski definition) is 4. The number of hydrogen-bond donors (Lipinski definition) is 1. The molecule has 1 N–H and O–H groups in total. The van der Waals surface area contributed by atoms with Gasteiger partial charge in [-0.2, -0.15) is 0 Å². The van der Waals surface area contributed by atoms with Gasteiger partial charge in [0, 0.05) is 23.9 Å². The summed E-state index contributed by atoms with van der Waals surface area (Å²) in [5, 5.41) is 3.00.